The zero-order valence-electron chi connectivity index (χ0n) is 15.6. The number of hydrogen-bond donors (Lipinski definition) is 3. The fraction of sp³-hybridized carbons (Fsp3) is 0.250. The van der Waals surface area contributed by atoms with Crippen molar-refractivity contribution in [2.45, 2.75) is 30.7 Å². The Morgan fingerprint density at radius 3 is 2.68 bits per heavy atom. The van der Waals surface area contributed by atoms with Crippen molar-refractivity contribution in [1.29, 1.82) is 0 Å². The molecule has 0 aliphatic carbocycles. The van der Waals surface area contributed by atoms with Gasteiger partial charge in [-0.3, -0.25) is 4.79 Å². The number of carboxylic acids is 1. The molecule has 1 atom stereocenters. The van der Waals surface area contributed by atoms with Crippen molar-refractivity contribution in [3.63, 3.8) is 0 Å². The van der Waals surface area contributed by atoms with E-state index in [1.807, 2.05) is 48.7 Å². The molecule has 0 saturated heterocycles. The second kappa shape index (κ2) is 9.36. The lowest BCUT2D eigenvalue weighted by Gasteiger charge is -2.20. The Bertz CT molecular complexity index is 986. The number of nitrogens with one attached hydrogen (secondary N) is 2. The first-order chi connectivity index (χ1) is 13.5. The molecule has 1 heterocycles. The minimum atomic E-state index is -0.882. The molecule has 0 bridgehead atoms. The van der Waals surface area contributed by atoms with Gasteiger partial charge >= 0.3 is 5.97 Å². The van der Waals surface area contributed by atoms with Crippen molar-refractivity contribution < 1.29 is 9.90 Å². The van der Waals surface area contributed by atoms with Crippen LogP contribution in [0.25, 0.3) is 10.2 Å². The first kappa shape index (κ1) is 20.6. The molecule has 146 valence electrons. The lowest BCUT2D eigenvalue weighted by atomic mass is 10.0. The van der Waals surface area contributed by atoms with Crippen LogP contribution < -0.4 is 10.6 Å². The molecule has 0 radical (unpaired) electrons. The van der Waals surface area contributed by atoms with Crippen molar-refractivity contribution in [2.24, 2.45) is 0 Å². The van der Waals surface area contributed by atoms with Crippen molar-refractivity contribution in [3.8, 4) is 0 Å². The van der Waals surface area contributed by atoms with E-state index >= 15 is 0 Å². The highest BCUT2D eigenvalue weighted by Gasteiger charge is 2.17. The van der Waals surface area contributed by atoms with E-state index in [1.165, 1.54) is 0 Å². The topological polar surface area (TPSA) is 74.2 Å². The van der Waals surface area contributed by atoms with E-state index in [9.17, 15) is 9.90 Å². The predicted molar refractivity (Wildman–Crippen MR) is 122 cm³/mol. The van der Waals surface area contributed by atoms with Gasteiger partial charge in [-0.25, -0.2) is 4.98 Å². The zero-order valence-corrected chi connectivity index (χ0v) is 18.0. The molecule has 2 aromatic carbocycles. The van der Waals surface area contributed by atoms with Crippen molar-refractivity contribution >= 4 is 62.3 Å². The number of thiocarbonyl (C=S) groups is 1. The summed E-state index contributed by atoms with van der Waals surface area (Å²) < 4.78 is 1.10. The van der Waals surface area contributed by atoms with Crippen molar-refractivity contribution in [3.05, 3.63) is 53.0 Å². The van der Waals surface area contributed by atoms with Gasteiger partial charge in [-0.15, -0.1) is 23.1 Å². The lowest BCUT2D eigenvalue weighted by molar-refractivity contribution is -0.137. The summed E-state index contributed by atoms with van der Waals surface area (Å²) in [5.74, 6) is -0.882. The highest BCUT2D eigenvalue weighted by atomic mass is 32.2. The molecule has 0 saturated carbocycles. The highest BCUT2D eigenvalue weighted by molar-refractivity contribution is 7.98. The second-order valence-corrected chi connectivity index (χ2v) is 8.57. The van der Waals surface area contributed by atoms with Gasteiger partial charge in [-0.1, -0.05) is 19.1 Å². The largest absolute Gasteiger partial charge is 0.481 e. The third-order valence-electron chi connectivity index (χ3n) is 4.20. The van der Waals surface area contributed by atoms with Gasteiger partial charge in [-0.05, 0) is 60.8 Å². The molecule has 0 fully saturated rings. The number of hydrogen-bond acceptors (Lipinski definition) is 5. The van der Waals surface area contributed by atoms with Crippen LogP contribution in [-0.2, 0) is 11.2 Å². The first-order valence-electron chi connectivity index (χ1n) is 8.81. The number of fused-ring (bicyclic) bond motifs is 1. The number of anilines is 1. The average Bonchev–Trinajstić information content (AvgIpc) is 3.09. The summed E-state index contributed by atoms with van der Waals surface area (Å²) in [6.07, 6.45) is 2.85. The molecule has 0 aliphatic heterocycles. The molecule has 28 heavy (non-hydrogen) atoms. The van der Waals surface area contributed by atoms with Gasteiger partial charge in [-0.2, -0.15) is 0 Å². The number of aryl methyl sites for hydroxylation is 1. The number of carboxylic acid groups (broad SMARTS) is 1. The minimum absolute atomic E-state index is 0.0613. The summed E-state index contributed by atoms with van der Waals surface area (Å²) in [7, 11) is 0. The summed E-state index contributed by atoms with van der Waals surface area (Å²) in [6, 6.07) is 13.3. The SMILES string of the molecule is CCc1nc2ccc(NC(=S)N[C@H](CC(=O)O)c3ccc(SC)cc3)cc2s1. The van der Waals surface area contributed by atoms with Crippen LogP contribution in [0.3, 0.4) is 0 Å². The number of thiazole rings is 1. The van der Waals surface area contributed by atoms with Crippen LogP contribution in [0.1, 0.15) is 30.0 Å². The van der Waals surface area contributed by atoms with Gasteiger partial charge in [0.25, 0.3) is 0 Å². The fourth-order valence-corrected chi connectivity index (χ4v) is 4.40. The van der Waals surface area contributed by atoms with Crippen LogP contribution in [0, 0.1) is 0 Å². The van der Waals surface area contributed by atoms with Crippen molar-refractivity contribution in [1.82, 2.24) is 10.3 Å². The number of thioether (sulfide) groups is 1. The summed E-state index contributed by atoms with van der Waals surface area (Å²) in [5, 5.41) is 17.1. The van der Waals surface area contributed by atoms with Gasteiger partial charge in [0.1, 0.15) is 0 Å². The number of benzene rings is 2. The number of carbonyl (C=O) groups is 1. The average molecular weight is 432 g/mol. The maximum Gasteiger partial charge on any atom is 0.305 e. The molecule has 0 amide bonds. The van der Waals surface area contributed by atoms with Crippen LogP contribution in [0.5, 0.6) is 0 Å². The van der Waals surface area contributed by atoms with E-state index in [0.717, 1.165) is 37.8 Å². The minimum Gasteiger partial charge on any atom is -0.481 e. The Balaban J connectivity index is 1.72. The molecule has 8 heteroatoms. The normalized spacial score (nSPS) is 11.9. The maximum atomic E-state index is 11.3. The predicted octanol–water partition coefficient (Wildman–Crippen LogP) is 5.08. The Kier molecular flexibility index (Phi) is 6.88. The van der Waals surface area contributed by atoms with E-state index in [1.54, 1.807) is 23.1 Å². The highest BCUT2D eigenvalue weighted by Crippen LogP contribution is 2.26. The number of aromatic nitrogens is 1. The van der Waals surface area contributed by atoms with E-state index in [2.05, 4.69) is 22.5 Å². The summed E-state index contributed by atoms with van der Waals surface area (Å²) in [6.45, 7) is 2.09. The number of aliphatic carboxylic acids is 1. The van der Waals surface area contributed by atoms with Gasteiger partial charge in [0, 0.05) is 10.6 Å². The zero-order chi connectivity index (χ0) is 20.1. The lowest BCUT2D eigenvalue weighted by Crippen LogP contribution is -2.33. The van der Waals surface area contributed by atoms with E-state index in [0.29, 0.717) is 5.11 Å². The third kappa shape index (κ3) is 5.21. The van der Waals surface area contributed by atoms with Gasteiger partial charge < -0.3 is 15.7 Å². The summed E-state index contributed by atoms with van der Waals surface area (Å²) >= 11 is 8.74. The van der Waals surface area contributed by atoms with E-state index < -0.39 is 12.0 Å². The molecular formula is C20H21N3O2S3. The monoisotopic (exact) mass is 431 g/mol. The second-order valence-electron chi connectivity index (χ2n) is 6.17. The summed E-state index contributed by atoms with van der Waals surface area (Å²) in [5.41, 5.74) is 2.71. The van der Waals surface area contributed by atoms with Crippen molar-refractivity contribution in [2.75, 3.05) is 11.6 Å². The molecule has 1 aromatic heterocycles. The molecular weight excluding hydrogens is 410 g/mol. The molecule has 3 N–H and O–H groups in total. The molecule has 5 nitrogen and oxygen atoms in total. The molecule has 3 aromatic rings. The standard InChI is InChI=1S/C20H21N3O2S3/c1-3-18-22-15-9-6-13(10-17(15)28-18)21-20(26)23-16(11-19(24)25)12-4-7-14(27-2)8-5-12/h4-10,16H,3,11H2,1-2H3,(H,24,25)(H2,21,23,26)/t16-/m1/s1. The van der Waals surface area contributed by atoms with Gasteiger partial charge in [0.05, 0.1) is 27.7 Å². The van der Waals surface area contributed by atoms with Crippen LogP contribution in [0.2, 0.25) is 0 Å². The third-order valence-corrected chi connectivity index (χ3v) is 6.32. The van der Waals surface area contributed by atoms with Crippen LogP contribution in [-0.4, -0.2) is 27.4 Å². The van der Waals surface area contributed by atoms with E-state index in [-0.39, 0.29) is 6.42 Å². The smallest absolute Gasteiger partial charge is 0.305 e. The Hall–Kier alpha value is -2.16. The van der Waals surface area contributed by atoms with Crippen LogP contribution >= 0.6 is 35.3 Å². The van der Waals surface area contributed by atoms with Crippen LogP contribution in [0.4, 0.5) is 5.69 Å². The van der Waals surface area contributed by atoms with E-state index in [4.69, 9.17) is 12.2 Å². The van der Waals surface area contributed by atoms with Crippen LogP contribution in [0.15, 0.2) is 47.4 Å². The Morgan fingerprint density at radius 2 is 2.04 bits per heavy atom. The Morgan fingerprint density at radius 1 is 1.29 bits per heavy atom. The Labute approximate surface area is 177 Å². The first-order valence-corrected chi connectivity index (χ1v) is 11.3. The maximum absolute atomic E-state index is 11.3. The number of nitrogens with zero attached hydrogens (tertiary/aromatic N) is 1. The molecule has 0 unspecified atom stereocenters. The molecule has 0 aliphatic rings. The fourth-order valence-electron chi connectivity index (χ4n) is 2.79. The number of rotatable bonds is 7. The van der Waals surface area contributed by atoms with Gasteiger partial charge in [0.2, 0.25) is 0 Å². The van der Waals surface area contributed by atoms with Gasteiger partial charge in [0.15, 0.2) is 5.11 Å². The molecule has 0 spiro atoms. The molecule has 3 rings (SSSR count). The quantitative estimate of drug-likeness (QED) is 0.356. The summed E-state index contributed by atoms with van der Waals surface area (Å²) in [4.78, 5) is 17.0.